The standard InChI is InChI=1S/C19H24N4O3S/c24-27(25,23-10-12-26-13-11-23)18-6-7-19(20-14-18)21-16-8-9-22(15-16)17-4-2-1-3-5-17/h1-7,14,16H,8-13,15H2,(H,20,21). The highest BCUT2D eigenvalue weighted by Crippen LogP contribution is 2.22. The Balaban J connectivity index is 1.38. The number of nitrogens with zero attached hydrogens (tertiary/aromatic N) is 3. The van der Waals surface area contributed by atoms with Crippen LogP contribution in [0.4, 0.5) is 11.5 Å². The second-order valence-corrected chi connectivity index (χ2v) is 8.75. The Morgan fingerprint density at radius 3 is 2.52 bits per heavy atom. The molecule has 0 aliphatic carbocycles. The summed E-state index contributed by atoms with van der Waals surface area (Å²) in [6.07, 6.45) is 2.46. The van der Waals surface area contributed by atoms with Gasteiger partial charge >= 0.3 is 0 Å². The highest BCUT2D eigenvalue weighted by molar-refractivity contribution is 7.89. The Morgan fingerprint density at radius 2 is 1.81 bits per heavy atom. The summed E-state index contributed by atoms with van der Waals surface area (Å²) in [6, 6.07) is 14.0. The summed E-state index contributed by atoms with van der Waals surface area (Å²) in [4.78, 5) is 6.91. The van der Waals surface area contributed by atoms with E-state index in [-0.39, 0.29) is 4.90 Å². The van der Waals surface area contributed by atoms with Crippen molar-refractivity contribution in [3.63, 3.8) is 0 Å². The predicted molar refractivity (Wildman–Crippen MR) is 104 cm³/mol. The van der Waals surface area contributed by atoms with Crippen molar-refractivity contribution in [2.45, 2.75) is 17.4 Å². The number of morpholine rings is 1. The van der Waals surface area contributed by atoms with E-state index in [0.29, 0.717) is 38.2 Å². The number of aromatic nitrogens is 1. The van der Waals surface area contributed by atoms with Crippen LogP contribution in [0.3, 0.4) is 0 Å². The van der Waals surface area contributed by atoms with Crippen molar-refractivity contribution in [1.29, 1.82) is 0 Å². The van der Waals surface area contributed by atoms with Gasteiger partial charge in [-0.05, 0) is 30.7 Å². The van der Waals surface area contributed by atoms with E-state index in [9.17, 15) is 8.42 Å². The van der Waals surface area contributed by atoms with Gasteiger partial charge in [0.25, 0.3) is 0 Å². The third kappa shape index (κ3) is 4.07. The number of ether oxygens (including phenoxy) is 1. The van der Waals surface area contributed by atoms with Gasteiger partial charge in [0.1, 0.15) is 10.7 Å². The van der Waals surface area contributed by atoms with Crippen molar-refractivity contribution in [3.8, 4) is 0 Å². The Labute approximate surface area is 160 Å². The number of hydrogen-bond donors (Lipinski definition) is 1. The third-order valence-electron chi connectivity index (χ3n) is 5.01. The molecule has 7 nitrogen and oxygen atoms in total. The summed E-state index contributed by atoms with van der Waals surface area (Å²) in [5, 5.41) is 3.42. The van der Waals surface area contributed by atoms with Crippen LogP contribution in [0.5, 0.6) is 0 Å². The molecule has 3 heterocycles. The van der Waals surface area contributed by atoms with E-state index < -0.39 is 10.0 Å². The molecule has 144 valence electrons. The van der Waals surface area contributed by atoms with E-state index in [1.807, 2.05) is 18.2 Å². The largest absolute Gasteiger partial charge is 0.379 e. The van der Waals surface area contributed by atoms with Gasteiger partial charge in [-0.1, -0.05) is 18.2 Å². The molecule has 8 heteroatoms. The first-order valence-electron chi connectivity index (χ1n) is 9.23. The lowest BCUT2D eigenvalue weighted by atomic mass is 10.2. The molecule has 0 bridgehead atoms. The van der Waals surface area contributed by atoms with E-state index in [1.165, 1.54) is 16.2 Å². The lowest BCUT2D eigenvalue weighted by Crippen LogP contribution is -2.40. The van der Waals surface area contributed by atoms with Gasteiger partial charge in [-0.25, -0.2) is 13.4 Å². The van der Waals surface area contributed by atoms with Gasteiger partial charge < -0.3 is 15.0 Å². The summed E-state index contributed by atoms with van der Waals surface area (Å²) >= 11 is 0. The molecule has 2 aliphatic rings. The van der Waals surface area contributed by atoms with Crippen LogP contribution < -0.4 is 10.2 Å². The molecule has 0 saturated carbocycles. The molecule has 0 radical (unpaired) electrons. The third-order valence-corrected chi connectivity index (χ3v) is 6.89. The maximum absolute atomic E-state index is 12.6. The Bertz CT molecular complexity index is 852. The maximum atomic E-state index is 12.6. The number of sulfonamides is 1. The highest BCUT2D eigenvalue weighted by Gasteiger charge is 2.27. The average molecular weight is 388 g/mol. The zero-order valence-electron chi connectivity index (χ0n) is 15.1. The van der Waals surface area contributed by atoms with Crippen molar-refractivity contribution >= 4 is 21.5 Å². The quantitative estimate of drug-likeness (QED) is 0.842. The first kappa shape index (κ1) is 18.2. The summed E-state index contributed by atoms with van der Waals surface area (Å²) < 4.78 is 32.0. The molecule has 1 unspecified atom stereocenters. The topological polar surface area (TPSA) is 74.8 Å². The molecule has 4 rings (SSSR count). The van der Waals surface area contributed by atoms with E-state index in [1.54, 1.807) is 12.1 Å². The number of pyridine rings is 1. The van der Waals surface area contributed by atoms with Crippen LogP contribution in [0.15, 0.2) is 53.6 Å². The lowest BCUT2D eigenvalue weighted by Gasteiger charge is -2.26. The smallest absolute Gasteiger partial charge is 0.244 e. The molecule has 0 amide bonds. The van der Waals surface area contributed by atoms with Gasteiger partial charge in [-0.2, -0.15) is 4.31 Å². The fraction of sp³-hybridized carbons (Fsp3) is 0.421. The molecule has 1 atom stereocenters. The van der Waals surface area contributed by atoms with E-state index in [0.717, 1.165) is 19.5 Å². The molecule has 27 heavy (non-hydrogen) atoms. The summed E-state index contributed by atoms with van der Waals surface area (Å²) in [5.74, 6) is 0.704. The zero-order chi connectivity index (χ0) is 18.7. The molecule has 2 fully saturated rings. The molecular formula is C19H24N4O3S. The second-order valence-electron chi connectivity index (χ2n) is 6.81. The molecule has 1 aromatic heterocycles. The van der Waals surface area contributed by atoms with Gasteiger partial charge in [0, 0.05) is 44.1 Å². The normalized spacial score (nSPS) is 21.3. The molecule has 0 spiro atoms. The van der Waals surface area contributed by atoms with Gasteiger partial charge in [0.05, 0.1) is 13.2 Å². The van der Waals surface area contributed by atoms with Crippen LogP contribution in [0.2, 0.25) is 0 Å². The Kier molecular flexibility index (Phi) is 5.29. The SMILES string of the molecule is O=S(=O)(c1ccc(NC2CCN(c3ccccc3)C2)nc1)N1CCOCC1. The van der Waals surface area contributed by atoms with Crippen LogP contribution >= 0.6 is 0 Å². The Hall–Kier alpha value is -2.16. The van der Waals surface area contributed by atoms with Crippen molar-refractivity contribution < 1.29 is 13.2 Å². The van der Waals surface area contributed by atoms with Crippen molar-refractivity contribution in [1.82, 2.24) is 9.29 Å². The van der Waals surface area contributed by atoms with E-state index in [2.05, 4.69) is 27.3 Å². The van der Waals surface area contributed by atoms with Gasteiger partial charge in [0.15, 0.2) is 0 Å². The molecule has 1 N–H and O–H groups in total. The van der Waals surface area contributed by atoms with Crippen LogP contribution in [0, 0.1) is 0 Å². The van der Waals surface area contributed by atoms with Crippen molar-refractivity contribution in [3.05, 3.63) is 48.7 Å². The number of para-hydroxylation sites is 1. The first-order chi connectivity index (χ1) is 13.1. The lowest BCUT2D eigenvalue weighted by molar-refractivity contribution is 0.0730. The van der Waals surface area contributed by atoms with Crippen LogP contribution in [0.25, 0.3) is 0 Å². The van der Waals surface area contributed by atoms with Gasteiger partial charge in [-0.3, -0.25) is 0 Å². The van der Waals surface area contributed by atoms with Gasteiger partial charge in [-0.15, -0.1) is 0 Å². The molecule has 2 aromatic rings. The average Bonchev–Trinajstić information content (AvgIpc) is 3.18. The molecule has 2 aliphatic heterocycles. The zero-order valence-corrected chi connectivity index (χ0v) is 15.9. The number of anilines is 2. The predicted octanol–water partition coefficient (Wildman–Crippen LogP) is 1.79. The van der Waals surface area contributed by atoms with Crippen molar-refractivity contribution in [2.75, 3.05) is 49.6 Å². The molecule has 2 saturated heterocycles. The minimum Gasteiger partial charge on any atom is -0.379 e. The number of hydrogen-bond acceptors (Lipinski definition) is 6. The second kappa shape index (κ2) is 7.84. The fourth-order valence-electron chi connectivity index (χ4n) is 3.51. The molecular weight excluding hydrogens is 364 g/mol. The monoisotopic (exact) mass is 388 g/mol. The minimum absolute atomic E-state index is 0.229. The van der Waals surface area contributed by atoms with E-state index >= 15 is 0 Å². The van der Waals surface area contributed by atoms with E-state index in [4.69, 9.17) is 4.74 Å². The minimum atomic E-state index is -3.50. The van der Waals surface area contributed by atoms with Crippen molar-refractivity contribution in [2.24, 2.45) is 0 Å². The summed E-state index contributed by atoms with van der Waals surface area (Å²) in [6.45, 7) is 3.54. The number of nitrogens with one attached hydrogen (secondary N) is 1. The van der Waals surface area contributed by atoms with Crippen LogP contribution in [-0.2, 0) is 14.8 Å². The number of rotatable bonds is 5. The van der Waals surface area contributed by atoms with Crippen LogP contribution in [0.1, 0.15) is 6.42 Å². The maximum Gasteiger partial charge on any atom is 0.244 e. The first-order valence-corrected chi connectivity index (χ1v) is 10.7. The summed E-state index contributed by atoms with van der Waals surface area (Å²) in [5.41, 5.74) is 1.22. The molecule has 1 aromatic carbocycles. The highest BCUT2D eigenvalue weighted by atomic mass is 32.2. The summed E-state index contributed by atoms with van der Waals surface area (Å²) in [7, 11) is -3.50. The van der Waals surface area contributed by atoms with Crippen LogP contribution in [-0.4, -0.2) is 63.1 Å². The van der Waals surface area contributed by atoms with Gasteiger partial charge in [0.2, 0.25) is 10.0 Å². The fourth-order valence-corrected chi connectivity index (χ4v) is 4.87. The number of benzene rings is 1. The Morgan fingerprint density at radius 1 is 1.04 bits per heavy atom.